The van der Waals surface area contributed by atoms with Crippen LogP contribution >= 0.6 is 0 Å². The van der Waals surface area contributed by atoms with Crippen molar-refractivity contribution in [2.24, 2.45) is 4.99 Å². The first-order chi connectivity index (χ1) is 11.3. The van der Waals surface area contributed by atoms with Crippen LogP contribution in [0.1, 0.15) is 11.3 Å². The lowest BCUT2D eigenvalue weighted by Gasteiger charge is -2.12. The molecule has 0 fully saturated rings. The highest BCUT2D eigenvalue weighted by molar-refractivity contribution is 5.79. The van der Waals surface area contributed by atoms with Gasteiger partial charge in [0.15, 0.2) is 5.96 Å². The Morgan fingerprint density at radius 2 is 1.78 bits per heavy atom. The molecule has 0 saturated carbocycles. The van der Waals surface area contributed by atoms with E-state index in [0.717, 1.165) is 43.3 Å². The van der Waals surface area contributed by atoms with Crippen LogP contribution in [0.15, 0.2) is 53.7 Å². The fourth-order valence-corrected chi connectivity index (χ4v) is 2.19. The van der Waals surface area contributed by atoms with Crippen molar-refractivity contribution >= 4 is 5.96 Å². The van der Waals surface area contributed by atoms with Gasteiger partial charge in [0.05, 0.1) is 7.11 Å². The predicted octanol–water partition coefficient (Wildman–Crippen LogP) is 2.04. The summed E-state index contributed by atoms with van der Waals surface area (Å²) < 4.78 is 5.16. The second-order valence-corrected chi connectivity index (χ2v) is 5.09. The number of guanidine groups is 1. The third-order valence-electron chi connectivity index (χ3n) is 3.49. The van der Waals surface area contributed by atoms with Gasteiger partial charge in [-0.05, 0) is 36.2 Å². The maximum atomic E-state index is 5.16. The van der Waals surface area contributed by atoms with E-state index in [-0.39, 0.29) is 0 Å². The minimum atomic E-state index is 0.805. The van der Waals surface area contributed by atoms with E-state index in [9.17, 15) is 0 Å². The molecule has 2 aromatic rings. The lowest BCUT2D eigenvalue weighted by atomic mass is 10.1. The van der Waals surface area contributed by atoms with Gasteiger partial charge < -0.3 is 15.4 Å². The Morgan fingerprint density at radius 3 is 2.39 bits per heavy atom. The van der Waals surface area contributed by atoms with Crippen LogP contribution in [0, 0.1) is 0 Å². The number of nitrogens with zero attached hydrogens (tertiary/aromatic N) is 2. The molecule has 0 spiro atoms. The van der Waals surface area contributed by atoms with Crippen molar-refractivity contribution in [3.8, 4) is 5.75 Å². The molecule has 0 aliphatic rings. The molecule has 122 valence electrons. The molecule has 0 radical (unpaired) electrons. The lowest BCUT2D eigenvalue weighted by Crippen LogP contribution is -2.39. The largest absolute Gasteiger partial charge is 0.497 e. The van der Waals surface area contributed by atoms with Crippen molar-refractivity contribution in [1.82, 2.24) is 15.6 Å². The highest BCUT2D eigenvalue weighted by atomic mass is 16.5. The first kappa shape index (κ1) is 16.8. The molecule has 5 heteroatoms. The maximum Gasteiger partial charge on any atom is 0.190 e. The summed E-state index contributed by atoms with van der Waals surface area (Å²) in [6, 6.07) is 14.1. The van der Waals surface area contributed by atoms with Gasteiger partial charge in [-0.1, -0.05) is 18.2 Å². The van der Waals surface area contributed by atoms with Gasteiger partial charge >= 0.3 is 0 Å². The number of hydrogen-bond acceptors (Lipinski definition) is 3. The first-order valence-corrected chi connectivity index (χ1v) is 7.79. The molecule has 1 aromatic carbocycles. The quantitative estimate of drug-likeness (QED) is 0.607. The van der Waals surface area contributed by atoms with Gasteiger partial charge in [0.2, 0.25) is 0 Å². The Bertz CT molecular complexity index is 596. The predicted molar refractivity (Wildman–Crippen MR) is 94.0 cm³/mol. The van der Waals surface area contributed by atoms with Crippen molar-refractivity contribution in [2.75, 3.05) is 27.2 Å². The molecular formula is C18H24N4O. The molecule has 1 heterocycles. The zero-order chi connectivity index (χ0) is 16.3. The molecule has 0 unspecified atom stereocenters. The van der Waals surface area contributed by atoms with Crippen LogP contribution in [-0.4, -0.2) is 38.2 Å². The number of benzene rings is 1. The van der Waals surface area contributed by atoms with Crippen LogP contribution in [0.3, 0.4) is 0 Å². The number of aromatic nitrogens is 1. The zero-order valence-corrected chi connectivity index (χ0v) is 13.7. The van der Waals surface area contributed by atoms with E-state index in [1.165, 1.54) is 5.56 Å². The highest BCUT2D eigenvalue weighted by Crippen LogP contribution is 2.11. The van der Waals surface area contributed by atoms with Crippen LogP contribution in [-0.2, 0) is 12.8 Å². The van der Waals surface area contributed by atoms with Crippen LogP contribution in [0.4, 0.5) is 0 Å². The van der Waals surface area contributed by atoms with Gasteiger partial charge in [0, 0.05) is 38.4 Å². The van der Waals surface area contributed by atoms with Crippen LogP contribution in [0.25, 0.3) is 0 Å². The number of methoxy groups -OCH3 is 1. The van der Waals surface area contributed by atoms with E-state index in [1.807, 2.05) is 36.5 Å². The smallest absolute Gasteiger partial charge is 0.190 e. The average Bonchev–Trinajstić information content (AvgIpc) is 2.62. The van der Waals surface area contributed by atoms with Gasteiger partial charge in [-0.3, -0.25) is 9.98 Å². The van der Waals surface area contributed by atoms with Gasteiger partial charge in [-0.25, -0.2) is 0 Å². The Hall–Kier alpha value is -2.56. The molecule has 0 atom stereocenters. The standard InChI is InChI=1S/C18H24N4O/c1-19-18(22-14-11-16-5-3-4-12-20-16)21-13-10-15-6-8-17(23-2)9-7-15/h3-9,12H,10-11,13-14H2,1-2H3,(H2,19,21,22). The second kappa shape index (κ2) is 9.46. The van der Waals surface area contributed by atoms with E-state index in [4.69, 9.17) is 4.74 Å². The lowest BCUT2D eigenvalue weighted by molar-refractivity contribution is 0.414. The van der Waals surface area contributed by atoms with Crippen molar-refractivity contribution in [3.63, 3.8) is 0 Å². The molecule has 0 amide bonds. The molecule has 23 heavy (non-hydrogen) atoms. The minimum Gasteiger partial charge on any atom is -0.497 e. The van der Waals surface area contributed by atoms with Gasteiger partial charge in [0.25, 0.3) is 0 Å². The van der Waals surface area contributed by atoms with Crippen LogP contribution < -0.4 is 15.4 Å². The number of hydrogen-bond donors (Lipinski definition) is 2. The third-order valence-corrected chi connectivity index (χ3v) is 3.49. The molecule has 5 nitrogen and oxygen atoms in total. The van der Waals surface area contributed by atoms with Gasteiger partial charge in [0.1, 0.15) is 5.75 Å². The summed E-state index contributed by atoms with van der Waals surface area (Å²) in [6.07, 6.45) is 3.63. The van der Waals surface area contributed by atoms with E-state index in [2.05, 4.69) is 32.7 Å². The van der Waals surface area contributed by atoms with E-state index in [0.29, 0.717) is 0 Å². The first-order valence-electron chi connectivity index (χ1n) is 7.79. The number of ether oxygens (including phenoxy) is 1. The summed E-state index contributed by atoms with van der Waals surface area (Å²) in [4.78, 5) is 8.54. The number of pyridine rings is 1. The van der Waals surface area contributed by atoms with Crippen molar-refractivity contribution < 1.29 is 4.74 Å². The summed E-state index contributed by atoms with van der Waals surface area (Å²) in [5.74, 6) is 1.70. The van der Waals surface area contributed by atoms with Crippen LogP contribution in [0.2, 0.25) is 0 Å². The highest BCUT2D eigenvalue weighted by Gasteiger charge is 1.99. The van der Waals surface area contributed by atoms with E-state index < -0.39 is 0 Å². The number of rotatable bonds is 7. The molecular weight excluding hydrogens is 288 g/mol. The normalized spacial score (nSPS) is 11.1. The van der Waals surface area contributed by atoms with Crippen molar-refractivity contribution in [1.29, 1.82) is 0 Å². The minimum absolute atomic E-state index is 0.805. The van der Waals surface area contributed by atoms with Gasteiger partial charge in [-0.2, -0.15) is 0 Å². The van der Waals surface area contributed by atoms with Crippen molar-refractivity contribution in [3.05, 3.63) is 59.9 Å². The molecule has 2 N–H and O–H groups in total. The molecule has 0 aliphatic heterocycles. The molecule has 0 aliphatic carbocycles. The molecule has 2 rings (SSSR count). The topological polar surface area (TPSA) is 58.5 Å². The van der Waals surface area contributed by atoms with Crippen molar-refractivity contribution in [2.45, 2.75) is 12.8 Å². The summed E-state index contributed by atoms with van der Waals surface area (Å²) in [7, 11) is 3.46. The Morgan fingerprint density at radius 1 is 1.04 bits per heavy atom. The van der Waals surface area contributed by atoms with Crippen LogP contribution in [0.5, 0.6) is 5.75 Å². The monoisotopic (exact) mass is 312 g/mol. The van der Waals surface area contributed by atoms with Gasteiger partial charge in [-0.15, -0.1) is 0 Å². The Labute approximate surface area is 137 Å². The molecule has 1 aromatic heterocycles. The maximum absolute atomic E-state index is 5.16. The van der Waals surface area contributed by atoms with E-state index >= 15 is 0 Å². The Kier molecular flexibility index (Phi) is 6.91. The van der Waals surface area contributed by atoms with E-state index in [1.54, 1.807) is 14.2 Å². The summed E-state index contributed by atoms with van der Waals surface area (Å²) in [5.41, 5.74) is 2.34. The third kappa shape index (κ3) is 5.98. The number of nitrogens with one attached hydrogen (secondary N) is 2. The number of aliphatic imine (C=N–C) groups is 1. The fourth-order valence-electron chi connectivity index (χ4n) is 2.19. The summed E-state index contributed by atoms with van der Waals surface area (Å²) in [5, 5.41) is 6.62. The zero-order valence-electron chi connectivity index (χ0n) is 13.7. The summed E-state index contributed by atoms with van der Waals surface area (Å²) in [6.45, 7) is 1.63. The molecule has 0 saturated heterocycles. The Balaban J connectivity index is 1.68. The average molecular weight is 312 g/mol. The second-order valence-electron chi connectivity index (χ2n) is 5.09. The fraction of sp³-hybridized carbons (Fsp3) is 0.333. The summed E-state index contributed by atoms with van der Waals surface area (Å²) >= 11 is 0. The molecule has 0 bridgehead atoms. The SMILES string of the molecule is CN=C(NCCc1ccc(OC)cc1)NCCc1ccccn1.